The predicted molar refractivity (Wildman–Crippen MR) is 116 cm³/mol. The van der Waals surface area contributed by atoms with Crippen LogP contribution in [0.2, 0.25) is 10.0 Å². The predicted octanol–water partition coefficient (Wildman–Crippen LogP) is 4.05. The van der Waals surface area contributed by atoms with Gasteiger partial charge in [-0.3, -0.25) is 4.79 Å². The zero-order valence-corrected chi connectivity index (χ0v) is 18.9. The highest BCUT2D eigenvalue weighted by Gasteiger charge is 2.33. The maximum absolute atomic E-state index is 13.0. The first kappa shape index (κ1) is 22.7. The molecule has 1 aliphatic rings. The van der Waals surface area contributed by atoms with Crippen molar-refractivity contribution >= 4 is 44.8 Å². The summed E-state index contributed by atoms with van der Waals surface area (Å²) in [5.41, 5.74) is 0.521. The van der Waals surface area contributed by atoms with Gasteiger partial charge in [0.2, 0.25) is 15.9 Å². The summed E-state index contributed by atoms with van der Waals surface area (Å²) in [4.78, 5) is 12.8. The number of carbonyl (C=O) groups excluding carboxylic acids is 1. The van der Waals surface area contributed by atoms with E-state index in [1.54, 1.807) is 18.2 Å². The number of rotatable bonds is 6. The number of carbonyl (C=O) groups is 1. The molecule has 0 spiro atoms. The number of halogens is 2. The number of sulfonamides is 1. The van der Waals surface area contributed by atoms with Crippen molar-refractivity contribution in [3.63, 3.8) is 0 Å². The van der Waals surface area contributed by atoms with Crippen molar-refractivity contribution < 1.29 is 22.7 Å². The molecule has 0 aromatic heterocycles. The van der Waals surface area contributed by atoms with Crippen LogP contribution >= 0.6 is 23.2 Å². The van der Waals surface area contributed by atoms with E-state index >= 15 is 0 Å². The number of nitrogens with zero attached hydrogens (tertiary/aromatic N) is 1. The zero-order valence-electron chi connectivity index (χ0n) is 16.5. The lowest BCUT2D eigenvalue weighted by Gasteiger charge is -2.31. The Morgan fingerprint density at radius 1 is 1.07 bits per heavy atom. The molecule has 7 nitrogen and oxygen atoms in total. The highest BCUT2D eigenvalue weighted by atomic mass is 35.5. The fraction of sp³-hybridized carbons (Fsp3) is 0.350. The monoisotopic (exact) mass is 472 g/mol. The molecule has 1 aliphatic heterocycles. The maximum Gasteiger partial charge on any atom is 0.243 e. The molecular weight excluding hydrogens is 451 g/mol. The van der Waals surface area contributed by atoms with Gasteiger partial charge in [0.1, 0.15) is 11.5 Å². The smallest absolute Gasteiger partial charge is 0.243 e. The van der Waals surface area contributed by atoms with Crippen LogP contribution in [0.5, 0.6) is 11.5 Å². The number of benzene rings is 2. The average molecular weight is 473 g/mol. The SMILES string of the molecule is COc1ccc(NC(=O)[C@@H]2CCCN(S(=O)(=O)c3ccc(OC)c(Cl)c3)C2)cc1Cl. The van der Waals surface area contributed by atoms with Crippen molar-refractivity contribution in [2.75, 3.05) is 32.6 Å². The standard InChI is InChI=1S/C20H22Cl2N2O5S/c1-28-18-7-5-14(10-16(18)21)23-20(25)13-4-3-9-24(12-13)30(26,27)15-6-8-19(29-2)17(22)11-15/h5-8,10-11,13H,3-4,9,12H2,1-2H3,(H,23,25)/t13-/m1/s1. The van der Waals surface area contributed by atoms with Crippen LogP contribution in [-0.4, -0.2) is 45.9 Å². The van der Waals surface area contributed by atoms with Crippen molar-refractivity contribution in [3.8, 4) is 11.5 Å². The van der Waals surface area contributed by atoms with E-state index < -0.39 is 15.9 Å². The van der Waals surface area contributed by atoms with E-state index in [0.29, 0.717) is 41.6 Å². The second-order valence-corrected chi connectivity index (χ2v) is 9.59. The van der Waals surface area contributed by atoms with Crippen molar-refractivity contribution in [1.82, 2.24) is 4.31 Å². The molecule has 0 aliphatic carbocycles. The minimum Gasteiger partial charge on any atom is -0.495 e. The molecule has 162 valence electrons. The number of hydrogen-bond acceptors (Lipinski definition) is 5. The van der Waals surface area contributed by atoms with Crippen LogP contribution in [0.1, 0.15) is 12.8 Å². The molecule has 1 fully saturated rings. The summed E-state index contributed by atoms with van der Waals surface area (Å²) < 4.78 is 37.6. The zero-order chi connectivity index (χ0) is 21.9. The lowest BCUT2D eigenvalue weighted by atomic mass is 9.98. The number of piperidine rings is 1. The number of anilines is 1. The lowest BCUT2D eigenvalue weighted by molar-refractivity contribution is -0.120. The van der Waals surface area contributed by atoms with Crippen molar-refractivity contribution in [1.29, 1.82) is 0 Å². The average Bonchev–Trinajstić information content (AvgIpc) is 2.74. The molecule has 3 rings (SSSR count). The molecule has 0 bridgehead atoms. The van der Waals surface area contributed by atoms with Gasteiger partial charge in [-0.2, -0.15) is 4.31 Å². The van der Waals surface area contributed by atoms with Gasteiger partial charge in [0.25, 0.3) is 0 Å². The second kappa shape index (κ2) is 9.43. The fourth-order valence-electron chi connectivity index (χ4n) is 3.32. The van der Waals surface area contributed by atoms with Crippen molar-refractivity contribution in [2.45, 2.75) is 17.7 Å². The highest BCUT2D eigenvalue weighted by Crippen LogP contribution is 2.31. The van der Waals surface area contributed by atoms with E-state index in [0.717, 1.165) is 0 Å². The summed E-state index contributed by atoms with van der Waals surface area (Å²) in [6, 6.07) is 9.25. The molecule has 1 saturated heterocycles. The highest BCUT2D eigenvalue weighted by molar-refractivity contribution is 7.89. The van der Waals surface area contributed by atoms with E-state index in [-0.39, 0.29) is 22.4 Å². The van der Waals surface area contributed by atoms with Crippen LogP contribution < -0.4 is 14.8 Å². The molecule has 1 N–H and O–H groups in total. The van der Waals surface area contributed by atoms with Gasteiger partial charge < -0.3 is 14.8 Å². The van der Waals surface area contributed by atoms with Crippen LogP contribution in [0.15, 0.2) is 41.3 Å². The van der Waals surface area contributed by atoms with Gasteiger partial charge in [-0.25, -0.2) is 8.42 Å². The Kier molecular flexibility index (Phi) is 7.13. The largest absolute Gasteiger partial charge is 0.495 e. The van der Waals surface area contributed by atoms with Crippen LogP contribution in [0, 0.1) is 5.92 Å². The first-order valence-corrected chi connectivity index (χ1v) is 11.4. The Bertz CT molecular complexity index is 1050. The molecular formula is C20H22Cl2N2O5S. The Morgan fingerprint density at radius 3 is 2.30 bits per heavy atom. The van der Waals surface area contributed by atoms with Gasteiger partial charge in [-0.15, -0.1) is 0 Å². The van der Waals surface area contributed by atoms with Gasteiger partial charge in [0, 0.05) is 18.8 Å². The molecule has 0 saturated carbocycles. The summed E-state index contributed by atoms with van der Waals surface area (Å²) in [7, 11) is -0.825. The maximum atomic E-state index is 13.0. The summed E-state index contributed by atoms with van der Waals surface area (Å²) >= 11 is 12.2. The first-order chi connectivity index (χ1) is 14.3. The molecule has 10 heteroatoms. The number of nitrogens with one attached hydrogen (secondary N) is 1. The topological polar surface area (TPSA) is 84.9 Å². The van der Waals surface area contributed by atoms with Crippen molar-refractivity contribution in [2.24, 2.45) is 5.92 Å². The van der Waals surface area contributed by atoms with E-state index in [1.807, 2.05) is 0 Å². The van der Waals surface area contributed by atoms with E-state index in [9.17, 15) is 13.2 Å². The van der Waals surface area contributed by atoms with Gasteiger partial charge in [0.05, 0.1) is 35.1 Å². The molecule has 1 heterocycles. The third-order valence-electron chi connectivity index (χ3n) is 4.94. The molecule has 0 radical (unpaired) electrons. The van der Waals surface area contributed by atoms with Gasteiger partial charge in [-0.05, 0) is 49.2 Å². The Hall–Kier alpha value is -2.00. The summed E-state index contributed by atoms with van der Waals surface area (Å²) in [5.74, 6) is 0.152. The number of methoxy groups -OCH3 is 2. The number of amides is 1. The number of ether oxygens (including phenoxy) is 2. The molecule has 30 heavy (non-hydrogen) atoms. The third-order valence-corrected chi connectivity index (χ3v) is 7.39. The van der Waals surface area contributed by atoms with Crippen LogP contribution in [0.4, 0.5) is 5.69 Å². The lowest BCUT2D eigenvalue weighted by Crippen LogP contribution is -2.43. The van der Waals surface area contributed by atoms with Crippen LogP contribution in [0.3, 0.4) is 0 Å². The molecule has 1 atom stereocenters. The van der Waals surface area contributed by atoms with E-state index in [4.69, 9.17) is 32.7 Å². The summed E-state index contributed by atoms with van der Waals surface area (Å²) in [6.07, 6.45) is 1.16. The van der Waals surface area contributed by atoms with Gasteiger partial charge in [0.15, 0.2) is 0 Å². The fourth-order valence-corrected chi connectivity index (χ4v) is 5.45. The molecule has 2 aromatic carbocycles. The van der Waals surface area contributed by atoms with E-state index in [2.05, 4.69) is 5.32 Å². The Labute approximate surface area is 185 Å². The molecule has 2 aromatic rings. The van der Waals surface area contributed by atoms with Gasteiger partial charge >= 0.3 is 0 Å². The first-order valence-electron chi connectivity index (χ1n) is 9.24. The second-order valence-electron chi connectivity index (χ2n) is 6.84. The molecule has 1 amide bonds. The van der Waals surface area contributed by atoms with Gasteiger partial charge in [-0.1, -0.05) is 23.2 Å². The quantitative estimate of drug-likeness (QED) is 0.685. The third kappa shape index (κ3) is 4.83. The Balaban J connectivity index is 1.73. The minimum absolute atomic E-state index is 0.0660. The normalized spacial score (nSPS) is 17.4. The number of hydrogen-bond donors (Lipinski definition) is 1. The molecule has 0 unspecified atom stereocenters. The summed E-state index contributed by atoms with van der Waals surface area (Å²) in [6.45, 7) is 0.422. The summed E-state index contributed by atoms with van der Waals surface area (Å²) in [5, 5.41) is 3.39. The van der Waals surface area contributed by atoms with Crippen LogP contribution in [0.25, 0.3) is 0 Å². The van der Waals surface area contributed by atoms with Crippen LogP contribution in [-0.2, 0) is 14.8 Å². The van der Waals surface area contributed by atoms with E-state index in [1.165, 1.54) is 36.7 Å². The minimum atomic E-state index is -3.79. The Morgan fingerprint density at radius 2 is 1.70 bits per heavy atom. The van der Waals surface area contributed by atoms with Crippen molar-refractivity contribution in [3.05, 3.63) is 46.4 Å².